The van der Waals surface area contributed by atoms with Crippen molar-refractivity contribution in [3.8, 4) is 6.07 Å². The van der Waals surface area contributed by atoms with Gasteiger partial charge in [-0.2, -0.15) is 18.4 Å². The van der Waals surface area contributed by atoms with Crippen LogP contribution in [0.3, 0.4) is 0 Å². The highest BCUT2D eigenvalue weighted by molar-refractivity contribution is 5.25. The number of nitriles is 1. The van der Waals surface area contributed by atoms with Gasteiger partial charge in [0.15, 0.2) is 0 Å². The summed E-state index contributed by atoms with van der Waals surface area (Å²) in [6.45, 7) is 0. The number of rotatable bonds is 1. The van der Waals surface area contributed by atoms with Crippen LogP contribution in [-0.4, -0.2) is 11.2 Å². The third kappa shape index (κ3) is 2.20. The lowest BCUT2D eigenvalue weighted by atomic mass is 10.1. The summed E-state index contributed by atoms with van der Waals surface area (Å²) in [6, 6.07) is 1.98. The van der Waals surface area contributed by atoms with Crippen molar-refractivity contribution in [3.05, 3.63) is 29.6 Å². The Hall–Kier alpha value is -1.61. The monoisotopic (exact) mass is 201 g/mol. The first-order valence-corrected chi connectivity index (χ1v) is 3.63. The lowest BCUT2D eigenvalue weighted by molar-refractivity contribution is -0.149. The third-order valence-corrected chi connectivity index (χ3v) is 1.61. The summed E-state index contributed by atoms with van der Waals surface area (Å²) in [4.78, 5) is 3.49. The molecule has 1 aromatic rings. The predicted octanol–water partition coefficient (Wildman–Crippen LogP) is 1.52. The van der Waals surface area contributed by atoms with E-state index in [-0.39, 0.29) is 11.3 Å². The largest absolute Gasteiger partial charge is 0.407 e. The normalized spacial score (nSPS) is 13.4. The van der Waals surface area contributed by atoms with E-state index in [0.29, 0.717) is 0 Å². The number of nitrogens with zero attached hydrogens (tertiary/aromatic N) is 2. The summed E-state index contributed by atoms with van der Waals surface area (Å²) < 4.78 is 36.3. The SMILES string of the molecule is N#Cc1ccc(C(N)C(F)(F)F)cn1. The summed E-state index contributed by atoms with van der Waals surface area (Å²) >= 11 is 0. The lowest BCUT2D eigenvalue weighted by Crippen LogP contribution is -2.28. The Labute approximate surface area is 78.0 Å². The number of nitrogens with two attached hydrogens (primary N) is 1. The van der Waals surface area contributed by atoms with Crippen molar-refractivity contribution in [1.29, 1.82) is 5.26 Å². The second kappa shape index (κ2) is 3.64. The van der Waals surface area contributed by atoms with Crippen LogP contribution < -0.4 is 5.73 Å². The Morgan fingerprint density at radius 1 is 1.43 bits per heavy atom. The van der Waals surface area contributed by atoms with Crippen molar-refractivity contribution in [2.45, 2.75) is 12.2 Å². The number of halogens is 3. The van der Waals surface area contributed by atoms with Gasteiger partial charge in [0.05, 0.1) is 0 Å². The minimum Gasteiger partial charge on any atom is -0.316 e. The van der Waals surface area contributed by atoms with Crippen molar-refractivity contribution in [2.24, 2.45) is 5.73 Å². The summed E-state index contributed by atoms with van der Waals surface area (Å²) in [7, 11) is 0. The highest BCUT2D eigenvalue weighted by atomic mass is 19.4. The van der Waals surface area contributed by atoms with Crippen LogP contribution in [-0.2, 0) is 0 Å². The highest BCUT2D eigenvalue weighted by Crippen LogP contribution is 2.29. The molecule has 0 saturated carbocycles. The average molecular weight is 201 g/mol. The Morgan fingerprint density at radius 3 is 2.43 bits per heavy atom. The molecule has 1 unspecified atom stereocenters. The molecule has 1 heterocycles. The fourth-order valence-electron chi connectivity index (χ4n) is 0.844. The van der Waals surface area contributed by atoms with Gasteiger partial charge in [-0.05, 0) is 11.6 Å². The van der Waals surface area contributed by atoms with Crippen LogP contribution in [0.5, 0.6) is 0 Å². The van der Waals surface area contributed by atoms with Crippen LogP contribution in [0.15, 0.2) is 18.3 Å². The fraction of sp³-hybridized carbons (Fsp3) is 0.250. The van der Waals surface area contributed by atoms with Crippen molar-refractivity contribution in [2.75, 3.05) is 0 Å². The molecule has 0 saturated heterocycles. The van der Waals surface area contributed by atoms with Crippen LogP contribution in [0.25, 0.3) is 0 Å². The number of pyridine rings is 1. The molecule has 0 aliphatic rings. The molecule has 0 aromatic carbocycles. The fourth-order valence-corrected chi connectivity index (χ4v) is 0.844. The van der Waals surface area contributed by atoms with Gasteiger partial charge in [0.1, 0.15) is 17.8 Å². The maximum Gasteiger partial charge on any atom is 0.407 e. The first-order chi connectivity index (χ1) is 6.45. The topological polar surface area (TPSA) is 62.7 Å². The van der Waals surface area contributed by atoms with E-state index in [9.17, 15) is 13.2 Å². The first-order valence-electron chi connectivity index (χ1n) is 3.63. The molecule has 14 heavy (non-hydrogen) atoms. The zero-order valence-electron chi connectivity index (χ0n) is 6.92. The van der Waals surface area contributed by atoms with E-state index in [4.69, 9.17) is 11.0 Å². The summed E-state index contributed by atoms with van der Waals surface area (Å²) in [5.74, 6) is 0. The number of aromatic nitrogens is 1. The number of hydrogen-bond acceptors (Lipinski definition) is 3. The molecule has 0 aliphatic carbocycles. The molecule has 0 bridgehead atoms. The van der Waals surface area contributed by atoms with Crippen LogP contribution in [0.1, 0.15) is 17.3 Å². The van der Waals surface area contributed by atoms with E-state index < -0.39 is 12.2 Å². The predicted molar refractivity (Wildman–Crippen MR) is 41.9 cm³/mol. The van der Waals surface area contributed by atoms with Crippen LogP contribution in [0, 0.1) is 11.3 Å². The Bertz CT molecular complexity index is 350. The first kappa shape index (κ1) is 10.5. The Kier molecular flexibility index (Phi) is 2.72. The summed E-state index contributed by atoms with van der Waals surface area (Å²) in [5.41, 5.74) is 4.82. The second-order valence-corrected chi connectivity index (χ2v) is 2.61. The molecule has 6 heteroatoms. The van der Waals surface area contributed by atoms with E-state index in [1.807, 2.05) is 0 Å². The van der Waals surface area contributed by atoms with Crippen molar-refractivity contribution in [1.82, 2.24) is 4.98 Å². The van der Waals surface area contributed by atoms with Crippen molar-refractivity contribution in [3.63, 3.8) is 0 Å². The lowest BCUT2D eigenvalue weighted by Gasteiger charge is -2.14. The molecule has 1 rings (SSSR count). The van der Waals surface area contributed by atoms with Crippen molar-refractivity contribution >= 4 is 0 Å². The van der Waals surface area contributed by atoms with Crippen LogP contribution in [0.2, 0.25) is 0 Å². The summed E-state index contributed by atoms with van der Waals surface area (Å²) in [5, 5.41) is 8.36. The molecule has 1 aromatic heterocycles. The van der Waals surface area contributed by atoms with Crippen LogP contribution in [0.4, 0.5) is 13.2 Å². The van der Waals surface area contributed by atoms with Crippen molar-refractivity contribution < 1.29 is 13.2 Å². The van der Waals surface area contributed by atoms with E-state index in [1.165, 1.54) is 6.07 Å². The number of alkyl halides is 3. The van der Waals surface area contributed by atoms with Gasteiger partial charge in [0, 0.05) is 6.20 Å². The molecule has 0 spiro atoms. The Balaban J connectivity index is 2.94. The van der Waals surface area contributed by atoms with E-state index >= 15 is 0 Å². The quantitative estimate of drug-likeness (QED) is 0.749. The Morgan fingerprint density at radius 2 is 2.07 bits per heavy atom. The van der Waals surface area contributed by atoms with E-state index in [0.717, 1.165) is 12.3 Å². The zero-order chi connectivity index (χ0) is 10.8. The van der Waals surface area contributed by atoms with Gasteiger partial charge >= 0.3 is 6.18 Å². The zero-order valence-corrected chi connectivity index (χ0v) is 6.92. The van der Waals surface area contributed by atoms with E-state index in [1.54, 1.807) is 6.07 Å². The smallest absolute Gasteiger partial charge is 0.316 e. The molecule has 1 atom stereocenters. The minimum absolute atomic E-state index is 0.0584. The molecule has 3 nitrogen and oxygen atoms in total. The maximum atomic E-state index is 12.1. The molecule has 0 fully saturated rings. The van der Waals surface area contributed by atoms with Crippen LogP contribution >= 0.6 is 0 Å². The van der Waals surface area contributed by atoms with Gasteiger partial charge in [-0.15, -0.1) is 0 Å². The molecule has 0 aliphatic heterocycles. The van der Waals surface area contributed by atoms with Gasteiger partial charge in [0.25, 0.3) is 0 Å². The maximum absolute atomic E-state index is 12.1. The third-order valence-electron chi connectivity index (χ3n) is 1.61. The number of hydrogen-bond donors (Lipinski definition) is 1. The molecular weight excluding hydrogens is 195 g/mol. The summed E-state index contributed by atoms with van der Waals surface area (Å²) in [6.07, 6.45) is -3.54. The van der Waals surface area contributed by atoms with Gasteiger partial charge in [-0.25, -0.2) is 4.98 Å². The van der Waals surface area contributed by atoms with Gasteiger partial charge in [-0.3, -0.25) is 0 Å². The van der Waals surface area contributed by atoms with Gasteiger partial charge in [-0.1, -0.05) is 6.07 Å². The highest BCUT2D eigenvalue weighted by Gasteiger charge is 2.37. The van der Waals surface area contributed by atoms with E-state index in [2.05, 4.69) is 4.98 Å². The molecular formula is C8H6F3N3. The average Bonchev–Trinajstić information content (AvgIpc) is 2.15. The second-order valence-electron chi connectivity index (χ2n) is 2.61. The van der Waals surface area contributed by atoms with Gasteiger partial charge < -0.3 is 5.73 Å². The molecule has 0 amide bonds. The van der Waals surface area contributed by atoms with Gasteiger partial charge in [0.2, 0.25) is 0 Å². The minimum atomic E-state index is -4.49. The standard InChI is InChI=1S/C8H6F3N3/c9-8(10,11)7(13)5-1-2-6(3-12)14-4-5/h1-2,4,7H,13H2. The molecule has 2 N–H and O–H groups in total. The molecule has 74 valence electrons. The molecule has 0 radical (unpaired) electrons.